The van der Waals surface area contributed by atoms with E-state index in [0.717, 1.165) is 32.1 Å². The number of carbonyl (C=O) groups excluding carboxylic acids is 5. The van der Waals surface area contributed by atoms with E-state index in [-0.39, 0.29) is 36.8 Å². The zero-order valence-electron chi connectivity index (χ0n) is 37.4. The van der Waals surface area contributed by atoms with Gasteiger partial charge in [-0.15, -0.1) is 0 Å². The van der Waals surface area contributed by atoms with Crippen LogP contribution in [0.4, 0.5) is 0 Å². The van der Waals surface area contributed by atoms with Gasteiger partial charge in [0, 0.05) is 6.42 Å². The second-order valence-corrected chi connectivity index (χ2v) is 18.4. The maximum Gasteiger partial charge on any atom is 0.481 e. The molecular formula is C43H80BN7O8. The van der Waals surface area contributed by atoms with Crippen LogP contribution in [0.5, 0.6) is 0 Å². The fourth-order valence-corrected chi connectivity index (χ4v) is 9.24. The van der Waals surface area contributed by atoms with Crippen LogP contribution >= 0.6 is 0 Å². The minimum atomic E-state index is -1.43. The molecular weight excluding hydrogens is 753 g/mol. The Bertz CT molecular complexity index is 1360. The first kappa shape index (κ1) is 50.6. The van der Waals surface area contributed by atoms with E-state index in [9.17, 15) is 29.1 Å². The van der Waals surface area contributed by atoms with Crippen LogP contribution in [0.3, 0.4) is 0 Å². The molecule has 2 bridgehead atoms. The van der Waals surface area contributed by atoms with Crippen molar-refractivity contribution in [1.82, 2.24) is 26.6 Å². The van der Waals surface area contributed by atoms with Crippen molar-refractivity contribution in [2.24, 2.45) is 28.7 Å². The lowest BCUT2D eigenvalue weighted by molar-refractivity contribution is -0.199. The third kappa shape index (κ3) is 14.7. The highest BCUT2D eigenvalue weighted by Crippen LogP contribution is 2.65. The van der Waals surface area contributed by atoms with Gasteiger partial charge in [-0.2, -0.15) is 0 Å². The Morgan fingerprint density at radius 3 is 1.86 bits per heavy atom. The standard InChI is InChI=1S/C43H80BN7O8/c1-8-9-10-11-12-13-14-15-16-17-18-22-36(53)49-33(23-25-46)40(56)51-37(29(3)52)41(57)47-28(2)38(54)50-32(21-19-20-24-45)39(55)48-30(4)44-58-35-27-31-26-34(42(31,5)6)43(35,7)59-44/h28-35,37,52H,8-27,45-46H2,1-7H3,(H,47,57)(H,48,55)(H,49,53)(H,50,54)(H,51,56)/t28-,29+,30-,31-,32-,33-,34-,35+,37-,43-/m0/s1. The van der Waals surface area contributed by atoms with Crippen LogP contribution in [0.25, 0.3) is 0 Å². The topological polar surface area (TPSA) is 236 Å². The number of aliphatic hydroxyl groups excluding tert-OH is 1. The molecule has 5 amide bonds. The summed E-state index contributed by atoms with van der Waals surface area (Å²) >= 11 is 0. The molecule has 3 saturated carbocycles. The molecule has 0 spiro atoms. The fourth-order valence-electron chi connectivity index (χ4n) is 9.24. The monoisotopic (exact) mass is 834 g/mol. The van der Waals surface area contributed by atoms with Gasteiger partial charge in [0.05, 0.1) is 23.8 Å². The lowest BCUT2D eigenvalue weighted by Gasteiger charge is -2.64. The first-order valence-electron chi connectivity index (χ1n) is 22.9. The number of amides is 5. The molecule has 1 saturated heterocycles. The van der Waals surface area contributed by atoms with Gasteiger partial charge in [0.25, 0.3) is 0 Å². The van der Waals surface area contributed by atoms with E-state index in [1.54, 1.807) is 0 Å². The molecule has 0 aromatic rings. The number of unbranched alkanes of at least 4 members (excludes halogenated alkanes) is 11. The van der Waals surface area contributed by atoms with Crippen molar-refractivity contribution in [2.45, 2.75) is 212 Å². The van der Waals surface area contributed by atoms with Crippen molar-refractivity contribution in [3.63, 3.8) is 0 Å². The number of nitrogens with two attached hydrogens (primary N) is 2. The number of aliphatic hydroxyl groups is 1. The van der Waals surface area contributed by atoms with Crippen LogP contribution in [-0.4, -0.2) is 103 Å². The maximum absolute atomic E-state index is 13.6. The second kappa shape index (κ2) is 24.6. The van der Waals surface area contributed by atoms with Crippen molar-refractivity contribution in [3.8, 4) is 0 Å². The average molecular weight is 834 g/mol. The molecule has 0 unspecified atom stereocenters. The maximum atomic E-state index is 13.6. The third-order valence-corrected chi connectivity index (χ3v) is 13.3. The normalized spacial score (nSPS) is 24.6. The van der Waals surface area contributed by atoms with Crippen molar-refractivity contribution in [3.05, 3.63) is 0 Å². The van der Waals surface area contributed by atoms with Crippen LogP contribution in [-0.2, 0) is 33.3 Å². The Balaban J connectivity index is 1.48. The number of hydrogen-bond acceptors (Lipinski definition) is 10. The van der Waals surface area contributed by atoms with E-state index in [1.807, 2.05) is 6.92 Å². The number of rotatable bonds is 29. The molecule has 16 heteroatoms. The molecule has 10 N–H and O–H groups in total. The summed E-state index contributed by atoms with van der Waals surface area (Å²) < 4.78 is 12.9. The minimum absolute atomic E-state index is 0.0437. The van der Waals surface area contributed by atoms with Gasteiger partial charge >= 0.3 is 7.12 Å². The third-order valence-electron chi connectivity index (χ3n) is 13.3. The molecule has 4 rings (SSSR count). The molecule has 4 fully saturated rings. The molecule has 10 atom stereocenters. The summed E-state index contributed by atoms with van der Waals surface area (Å²) in [5.74, 6) is -2.34. The van der Waals surface area contributed by atoms with Gasteiger partial charge in [-0.1, -0.05) is 85.0 Å². The molecule has 0 aromatic carbocycles. The highest BCUT2D eigenvalue weighted by molar-refractivity contribution is 6.47. The molecule has 15 nitrogen and oxygen atoms in total. The smallest absolute Gasteiger partial charge is 0.404 e. The van der Waals surface area contributed by atoms with Gasteiger partial charge in [0.1, 0.15) is 24.2 Å². The Kier molecular flexibility index (Phi) is 21.1. The zero-order valence-corrected chi connectivity index (χ0v) is 37.4. The summed E-state index contributed by atoms with van der Waals surface area (Å²) in [6.07, 6.45) is 15.3. The summed E-state index contributed by atoms with van der Waals surface area (Å²) in [6.45, 7) is 14.1. The molecule has 3 aliphatic carbocycles. The van der Waals surface area contributed by atoms with Gasteiger partial charge in [0.2, 0.25) is 29.5 Å². The number of nitrogens with one attached hydrogen (secondary N) is 5. The summed E-state index contributed by atoms with van der Waals surface area (Å²) in [5.41, 5.74) is 11.2. The molecule has 1 aliphatic heterocycles. The summed E-state index contributed by atoms with van der Waals surface area (Å²) in [6, 6.07) is -4.50. The zero-order chi connectivity index (χ0) is 43.8. The average Bonchev–Trinajstić information content (AvgIpc) is 3.55. The fraction of sp³-hybridized carbons (Fsp3) is 0.884. The lowest BCUT2D eigenvalue weighted by Crippen LogP contribution is -2.65. The van der Waals surface area contributed by atoms with E-state index in [2.05, 4.69) is 54.3 Å². The van der Waals surface area contributed by atoms with Gasteiger partial charge < -0.3 is 52.5 Å². The highest BCUT2D eigenvalue weighted by Gasteiger charge is 2.68. The van der Waals surface area contributed by atoms with E-state index in [0.29, 0.717) is 44.1 Å². The van der Waals surface area contributed by atoms with E-state index >= 15 is 0 Å². The van der Waals surface area contributed by atoms with Gasteiger partial charge in [0.15, 0.2) is 0 Å². The second-order valence-electron chi connectivity index (χ2n) is 18.4. The Morgan fingerprint density at radius 2 is 1.29 bits per heavy atom. The van der Waals surface area contributed by atoms with Crippen molar-refractivity contribution in [1.29, 1.82) is 0 Å². The molecule has 4 aliphatic rings. The van der Waals surface area contributed by atoms with Crippen LogP contribution < -0.4 is 38.1 Å². The molecule has 0 radical (unpaired) electrons. The molecule has 1 heterocycles. The van der Waals surface area contributed by atoms with Crippen LogP contribution in [0.1, 0.15) is 164 Å². The molecule has 0 aromatic heterocycles. The number of carbonyl (C=O) groups is 5. The van der Waals surface area contributed by atoms with E-state index in [4.69, 9.17) is 20.8 Å². The predicted molar refractivity (Wildman–Crippen MR) is 230 cm³/mol. The summed E-state index contributed by atoms with van der Waals surface area (Å²) in [5, 5.41) is 24.1. The summed E-state index contributed by atoms with van der Waals surface area (Å²) in [4.78, 5) is 66.5. The van der Waals surface area contributed by atoms with Crippen LogP contribution in [0, 0.1) is 17.3 Å². The quantitative estimate of drug-likeness (QED) is 0.0405. The SMILES string of the molecule is CCCCCCCCCCCCCC(=O)N[C@@H](CCN)C(=O)N[C@H](C(=O)N[C@@H](C)C(=O)N[C@@H](CCCCN)C(=O)N[C@@H](C)B1O[C@@H]2C[C@@H]3C[C@@H](C3(C)C)[C@]2(C)O1)[C@@H](C)O. The van der Waals surface area contributed by atoms with Crippen molar-refractivity contribution >= 4 is 36.7 Å². The minimum Gasteiger partial charge on any atom is -0.404 e. The Hall–Kier alpha value is -2.79. The lowest BCUT2D eigenvalue weighted by atomic mass is 9.43. The van der Waals surface area contributed by atoms with Crippen molar-refractivity contribution in [2.75, 3.05) is 13.1 Å². The molecule has 338 valence electrons. The van der Waals surface area contributed by atoms with Gasteiger partial charge in [-0.25, -0.2) is 0 Å². The number of hydrogen-bond donors (Lipinski definition) is 8. The van der Waals surface area contributed by atoms with Crippen molar-refractivity contribution < 1.29 is 38.4 Å². The first-order valence-corrected chi connectivity index (χ1v) is 22.9. The van der Waals surface area contributed by atoms with Crippen LogP contribution in [0.15, 0.2) is 0 Å². The Labute approximate surface area is 354 Å². The van der Waals surface area contributed by atoms with Gasteiger partial charge in [-0.3, -0.25) is 24.0 Å². The predicted octanol–water partition coefficient (Wildman–Crippen LogP) is 3.28. The van der Waals surface area contributed by atoms with E-state index in [1.165, 1.54) is 58.8 Å². The van der Waals surface area contributed by atoms with Crippen LogP contribution in [0.2, 0.25) is 0 Å². The first-order chi connectivity index (χ1) is 28.0. The van der Waals surface area contributed by atoms with Gasteiger partial charge in [-0.05, 0) is 103 Å². The largest absolute Gasteiger partial charge is 0.481 e. The summed E-state index contributed by atoms with van der Waals surface area (Å²) in [7, 11) is -0.637. The molecule has 59 heavy (non-hydrogen) atoms. The van der Waals surface area contributed by atoms with E-state index < -0.39 is 72.6 Å². The Morgan fingerprint density at radius 1 is 0.695 bits per heavy atom. The highest BCUT2D eigenvalue weighted by atomic mass is 16.7.